The Hall–Kier alpha value is -0.990. The second-order valence-electron chi connectivity index (χ2n) is 3.42. The smallest absolute Gasteiger partial charge is 0.138 e. The van der Waals surface area contributed by atoms with Gasteiger partial charge in [0.25, 0.3) is 0 Å². The molecule has 0 aromatic heterocycles. The lowest BCUT2D eigenvalue weighted by molar-refractivity contribution is 0.199. The van der Waals surface area contributed by atoms with Crippen LogP contribution in [0.3, 0.4) is 0 Å². The molecule has 0 fully saturated rings. The highest BCUT2D eigenvalue weighted by atomic mass is 35.5. The Balaban J connectivity index is 2.88. The van der Waals surface area contributed by atoms with Crippen molar-refractivity contribution < 1.29 is 9.84 Å². The summed E-state index contributed by atoms with van der Waals surface area (Å²) in [5.41, 5.74) is 0.776. The van der Waals surface area contributed by atoms with E-state index in [1.165, 1.54) is 0 Å². The van der Waals surface area contributed by atoms with E-state index in [0.29, 0.717) is 10.8 Å². The van der Waals surface area contributed by atoms with Crippen LogP contribution in [0.2, 0.25) is 5.02 Å². The van der Waals surface area contributed by atoms with Crippen molar-refractivity contribution in [3.63, 3.8) is 0 Å². The maximum atomic E-state index is 9.35. The number of ether oxygens (including phenoxy) is 1. The van der Waals surface area contributed by atoms with E-state index in [-0.39, 0.29) is 6.10 Å². The van der Waals surface area contributed by atoms with E-state index < -0.39 is 6.10 Å². The van der Waals surface area contributed by atoms with Crippen molar-refractivity contribution in [3.05, 3.63) is 41.4 Å². The number of benzene rings is 1. The van der Waals surface area contributed by atoms with Crippen molar-refractivity contribution in [2.75, 3.05) is 0 Å². The van der Waals surface area contributed by atoms with Gasteiger partial charge in [-0.25, -0.2) is 0 Å². The third-order valence-corrected chi connectivity index (χ3v) is 2.38. The molecule has 0 bridgehead atoms. The van der Waals surface area contributed by atoms with E-state index in [4.69, 9.17) is 16.3 Å². The predicted molar refractivity (Wildman–Crippen MR) is 62.4 cm³/mol. The molecule has 1 rings (SSSR count). The van der Waals surface area contributed by atoms with Gasteiger partial charge in [-0.15, -0.1) is 0 Å². The summed E-state index contributed by atoms with van der Waals surface area (Å²) in [5, 5.41) is 9.85. The lowest BCUT2D eigenvalue weighted by Crippen LogP contribution is -2.07. The van der Waals surface area contributed by atoms with E-state index in [0.717, 1.165) is 5.56 Å². The van der Waals surface area contributed by atoms with Gasteiger partial charge in [-0.2, -0.15) is 0 Å². The van der Waals surface area contributed by atoms with Gasteiger partial charge in [0.2, 0.25) is 0 Å². The third kappa shape index (κ3) is 3.26. The molecule has 0 aliphatic rings. The molecule has 2 nitrogen and oxygen atoms in total. The first-order valence-corrected chi connectivity index (χ1v) is 5.19. The van der Waals surface area contributed by atoms with Crippen LogP contribution in [-0.4, -0.2) is 11.2 Å². The van der Waals surface area contributed by atoms with Crippen LogP contribution < -0.4 is 4.74 Å². The van der Waals surface area contributed by atoms with Gasteiger partial charge in [0, 0.05) is 0 Å². The highest BCUT2D eigenvalue weighted by molar-refractivity contribution is 6.32. The van der Waals surface area contributed by atoms with Crippen molar-refractivity contribution in [1.29, 1.82) is 0 Å². The van der Waals surface area contributed by atoms with E-state index in [2.05, 4.69) is 6.58 Å². The summed E-state index contributed by atoms with van der Waals surface area (Å²) in [4.78, 5) is 0. The van der Waals surface area contributed by atoms with E-state index in [1.807, 2.05) is 6.92 Å². The molecular formula is C12H15ClO2. The van der Waals surface area contributed by atoms with Crippen LogP contribution in [0.25, 0.3) is 0 Å². The fourth-order valence-electron chi connectivity index (χ4n) is 1.12. The molecule has 82 valence electrons. The molecule has 1 aromatic rings. The number of hydrogen-bond acceptors (Lipinski definition) is 2. The maximum absolute atomic E-state index is 9.35. The van der Waals surface area contributed by atoms with Gasteiger partial charge in [0.1, 0.15) is 11.9 Å². The van der Waals surface area contributed by atoms with Gasteiger partial charge in [0.05, 0.1) is 11.1 Å². The van der Waals surface area contributed by atoms with E-state index >= 15 is 0 Å². The van der Waals surface area contributed by atoms with Gasteiger partial charge >= 0.3 is 0 Å². The normalized spacial score (nSPS) is 14.4. The van der Waals surface area contributed by atoms with Crippen LogP contribution in [0.5, 0.6) is 5.75 Å². The topological polar surface area (TPSA) is 29.5 Å². The number of halogens is 1. The van der Waals surface area contributed by atoms with Gasteiger partial charge < -0.3 is 9.84 Å². The Labute approximate surface area is 95.1 Å². The molecule has 1 unspecified atom stereocenters. The van der Waals surface area contributed by atoms with Crippen LogP contribution in [0.1, 0.15) is 25.5 Å². The van der Waals surface area contributed by atoms with Crippen molar-refractivity contribution in [3.8, 4) is 5.75 Å². The first-order chi connectivity index (χ1) is 7.04. The zero-order valence-electron chi connectivity index (χ0n) is 8.90. The van der Waals surface area contributed by atoms with Gasteiger partial charge in [0.15, 0.2) is 0 Å². The minimum absolute atomic E-state index is 0.0834. The summed E-state index contributed by atoms with van der Waals surface area (Å²) in [6, 6.07) is 5.25. The second-order valence-corrected chi connectivity index (χ2v) is 3.83. The van der Waals surface area contributed by atoms with Crippen LogP contribution in [-0.2, 0) is 0 Å². The third-order valence-electron chi connectivity index (χ3n) is 2.08. The lowest BCUT2D eigenvalue weighted by atomic mass is 10.1. The van der Waals surface area contributed by atoms with Gasteiger partial charge in [-0.3, -0.25) is 0 Å². The Morgan fingerprint density at radius 1 is 1.47 bits per heavy atom. The first-order valence-electron chi connectivity index (χ1n) is 4.81. The van der Waals surface area contributed by atoms with Crippen LogP contribution in [0.15, 0.2) is 30.9 Å². The quantitative estimate of drug-likeness (QED) is 0.798. The largest absolute Gasteiger partial charge is 0.485 e. The Bertz CT molecular complexity index is 347. The summed E-state index contributed by atoms with van der Waals surface area (Å²) in [6.45, 7) is 7.20. The van der Waals surface area contributed by atoms with E-state index in [1.54, 1.807) is 31.2 Å². The molecule has 0 radical (unpaired) electrons. The minimum Gasteiger partial charge on any atom is -0.485 e. The molecular weight excluding hydrogens is 212 g/mol. The first kappa shape index (κ1) is 12.1. The molecule has 0 aliphatic carbocycles. The average molecular weight is 227 g/mol. The Morgan fingerprint density at radius 2 is 2.13 bits per heavy atom. The monoisotopic (exact) mass is 226 g/mol. The summed E-state index contributed by atoms with van der Waals surface area (Å²) < 4.78 is 5.50. The molecule has 0 amide bonds. The zero-order chi connectivity index (χ0) is 11.4. The molecule has 1 N–H and O–H groups in total. The van der Waals surface area contributed by atoms with Crippen LogP contribution in [0, 0.1) is 0 Å². The standard InChI is InChI=1S/C12H15ClO2/c1-4-8(2)15-12-6-5-10(9(3)14)7-11(12)13/h4-9,14H,1H2,2-3H3/t8?,9-/m1/s1. The highest BCUT2D eigenvalue weighted by Gasteiger charge is 2.07. The van der Waals surface area contributed by atoms with Crippen LogP contribution in [0.4, 0.5) is 0 Å². The number of aliphatic hydroxyl groups excluding tert-OH is 1. The highest BCUT2D eigenvalue weighted by Crippen LogP contribution is 2.28. The van der Waals surface area contributed by atoms with Crippen LogP contribution >= 0.6 is 11.6 Å². The Kier molecular flexibility index (Phi) is 4.18. The zero-order valence-corrected chi connectivity index (χ0v) is 9.66. The summed E-state index contributed by atoms with van der Waals surface area (Å²) in [5.74, 6) is 0.605. The van der Waals surface area contributed by atoms with Crippen molar-refractivity contribution >= 4 is 11.6 Å². The predicted octanol–water partition coefficient (Wildman–Crippen LogP) is 3.35. The summed E-state index contributed by atoms with van der Waals surface area (Å²) >= 11 is 6.00. The molecule has 0 saturated heterocycles. The molecule has 1 aromatic carbocycles. The SMILES string of the molecule is C=CC(C)Oc1ccc([C@@H](C)O)cc1Cl. The molecule has 0 heterocycles. The van der Waals surface area contributed by atoms with Gasteiger partial charge in [-0.05, 0) is 31.5 Å². The maximum Gasteiger partial charge on any atom is 0.138 e. The fraction of sp³-hybridized carbons (Fsp3) is 0.333. The molecule has 0 saturated carbocycles. The summed E-state index contributed by atoms with van der Waals surface area (Å²) in [6.07, 6.45) is 1.09. The van der Waals surface area contributed by atoms with E-state index in [9.17, 15) is 5.11 Å². The molecule has 0 aliphatic heterocycles. The average Bonchev–Trinajstić information content (AvgIpc) is 2.20. The lowest BCUT2D eigenvalue weighted by Gasteiger charge is -2.13. The molecule has 15 heavy (non-hydrogen) atoms. The molecule has 2 atom stereocenters. The second kappa shape index (κ2) is 5.19. The number of aliphatic hydroxyl groups is 1. The minimum atomic E-state index is -0.520. The van der Waals surface area contributed by atoms with Crippen molar-refractivity contribution in [2.24, 2.45) is 0 Å². The van der Waals surface area contributed by atoms with Gasteiger partial charge in [-0.1, -0.05) is 30.3 Å². The molecule has 3 heteroatoms. The Morgan fingerprint density at radius 3 is 2.60 bits per heavy atom. The fourth-order valence-corrected chi connectivity index (χ4v) is 1.35. The van der Waals surface area contributed by atoms with Crippen molar-refractivity contribution in [1.82, 2.24) is 0 Å². The number of hydrogen-bond donors (Lipinski definition) is 1. The number of rotatable bonds is 4. The summed E-state index contributed by atoms with van der Waals surface area (Å²) in [7, 11) is 0. The van der Waals surface area contributed by atoms with Crippen molar-refractivity contribution in [2.45, 2.75) is 26.1 Å². The molecule has 0 spiro atoms.